The van der Waals surface area contributed by atoms with E-state index in [2.05, 4.69) is 0 Å². The van der Waals surface area contributed by atoms with Gasteiger partial charge in [0, 0.05) is 31.1 Å². The second-order valence-corrected chi connectivity index (χ2v) is 8.39. The van der Waals surface area contributed by atoms with Crippen molar-refractivity contribution in [2.45, 2.75) is 65.3 Å². The van der Waals surface area contributed by atoms with E-state index in [-0.39, 0.29) is 48.3 Å². The van der Waals surface area contributed by atoms with Crippen molar-refractivity contribution in [2.24, 2.45) is 29.1 Å². The van der Waals surface area contributed by atoms with E-state index in [0.717, 1.165) is 6.42 Å². The van der Waals surface area contributed by atoms with Crippen LogP contribution in [-0.2, 0) is 38.1 Å². The van der Waals surface area contributed by atoms with Crippen LogP contribution in [0.3, 0.4) is 0 Å². The lowest BCUT2D eigenvalue weighted by molar-refractivity contribution is -0.231. The molecule has 27 heavy (non-hydrogen) atoms. The van der Waals surface area contributed by atoms with Crippen LogP contribution in [0.25, 0.3) is 0 Å². The second-order valence-electron chi connectivity index (χ2n) is 8.39. The van der Waals surface area contributed by atoms with Crippen molar-refractivity contribution < 1.29 is 38.1 Å². The van der Waals surface area contributed by atoms with Gasteiger partial charge in [0.05, 0.1) is 5.92 Å². The first kappa shape index (κ1) is 18.7. The third-order valence-electron chi connectivity index (χ3n) is 6.86. The lowest BCUT2D eigenvalue weighted by Gasteiger charge is -2.54. The van der Waals surface area contributed by atoms with Gasteiger partial charge in [-0.3, -0.25) is 14.4 Å². The summed E-state index contributed by atoms with van der Waals surface area (Å²) in [6.45, 7) is 6.74. The molecule has 9 atom stereocenters. The fourth-order valence-electron chi connectivity index (χ4n) is 5.53. The first-order valence-corrected chi connectivity index (χ1v) is 9.55. The predicted molar refractivity (Wildman–Crippen MR) is 88.8 cm³/mol. The van der Waals surface area contributed by atoms with Crippen LogP contribution < -0.4 is 0 Å². The Balaban J connectivity index is 1.71. The van der Waals surface area contributed by atoms with Gasteiger partial charge in [-0.05, 0) is 18.8 Å². The SMILES string of the molecule is CC(=O)OC[C@@]12C[C@H]3OC(=O)C(C)[C@H]3C[C@H]1C(C)[C@@H]1O[C@@H](OC(C)=O)[C@H]2O1. The van der Waals surface area contributed by atoms with Gasteiger partial charge in [0.25, 0.3) is 0 Å². The maximum atomic E-state index is 12.1. The fraction of sp³-hybridized carbons (Fsp3) is 0.842. The van der Waals surface area contributed by atoms with Crippen LogP contribution in [0.2, 0.25) is 0 Å². The van der Waals surface area contributed by atoms with Crippen LogP contribution in [0.4, 0.5) is 0 Å². The molecular formula is C19H26O8. The molecule has 1 saturated carbocycles. The summed E-state index contributed by atoms with van der Waals surface area (Å²) in [5.74, 6) is -0.963. The number of fused-ring (bicyclic) bond motifs is 5. The third-order valence-corrected chi connectivity index (χ3v) is 6.86. The van der Waals surface area contributed by atoms with Crippen LogP contribution in [0.5, 0.6) is 0 Å². The molecule has 0 radical (unpaired) electrons. The fourth-order valence-corrected chi connectivity index (χ4v) is 5.53. The second kappa shape index (κ2) is 6.44. The average Bonchev–Trinajstić information content (AvgIpc) is 3.10. The van der Waals surface area contributed by atoms with E-state index in [0.29, 0.717) is 6.42 Å². The largest absolute Gasteiger partial charge is 0.465 e. The van der Waals surface area contributed by atoms with Crippen molar-refractivity contribution in [3.8, 4) is 0 Å². The molecule has 0 spiro atoms. The monoisotopic (exact) mass is 382 g/mol. The minimum atomic E-state index is -0.860. The topological polar surface area (TPSA) is 97.4 Å². The zero-order valence-electron chi connectivity index (χ0n) is 16.0. The van der Waals surface area contributed by atoms with Crippen LogP contribution in [0.15, 0.2) is 0 Å². The Kier molecular flexibility index (Phi) is 4.46. The summed E-state index contributed by atoms with van der Waals surface area (Å²) in [4.78, 5) is 35.3. The van der Waals surface area contributed by atoms with Gasteiger partial charge < -0.3 is 23.7 Å². The van der Waals surface area contributed by atoms with Crippen LogP contribution >= 0.6 is 0 Å². The van der Waals surface area contributed by atoms with Gasteiger partial charge in [-0.25, -0.2) is 0 Å². The summed E-state index contributed by atoms with van der Waals surface area (Å²) >= 11 is 0. The molecule has 1 aliphatic carbocycles. The summed E-state index contributed by atoms with van der Waals surface area (Å²) in [7, 11) is 0. The predicted octanol–water partition coefficient (Wildman–Crippen LogP) is 1.40. The summed E-state index contributed by atoms with van der Waals surface area (Å²) in [6, 6.07) is 0. The van der Waals surface area contributed by atoms with Crippen molar-refractivity contribution in [3.05, 3.63) is 0 Å². The number of esters is 3. The van der Waals surface area contributed by atoms with E-state index in [1.807, 2.05) is 13.8 Å². The smallest absolute Gasteiger partial charge is 0.309 e. The van der Waals surface area contributed by atoms with E-state index in [1.165, 1.54) is 13.8 Å². The molecule has 2 unspecified atom stereocenters. The molecule has 150 valence electrons. The number of hydrogen-bond acceptors (Lipinski definition) is 8. The molecule has 4 aliphatic rings. The number of hydrogen-bond donors (Lipinski definition) is 0. The molecule has 0 aromatic heterocycles. The molecule has 4 fully saturated rings. The molecule has 4 rings (SSSR count). The third kappa shape index (κ3) is 2.84. The molecule has 8 heteroatoms. The number of carbonyl (C=O) groups is 3. The van der Waals surface area contributed by atoms with Crippen LogP contribution in [0.1, 0.15) is 40.5 Å². The van der Waals surface area contributed by atoms with E-state index in [4.69, 9.17) is 23.7 Å². The van der Waals surface area contributed by atoms with Crippen molar-refractivity contribution >= 4 is 17.9 Å². The molecule has 8 nitrogen and oxygen atoms in total. The molecule has 0 N–H and O–H groups in total. The minimum absolute atomic E-state index is 0.00113. The Labute approximate surface area is 157 Å². The average molecular weight is 382 g/mol. The summed E-state index contributed by atoms with van der Waals surface area (Å²) in [6.07, 6.45) is -0.921. The summed E-state index contributed by atoms with van der Waals surface area (Å²) in [5, 5.41) is 0. The van der Waals surface area contributed by atoms with E-state index < -0.39 is 30.1 Å². The highest BCUT2D eigenvalue weighted by Crippen LogP contribution is 2.60. The van der Waals surface area contributed by atoms with Gasteiger partial charge in [0.2, 0.25) is 6.29 Å². The molecule has 3 aliphatic heterocycles. The Morgan fingerprint density at radius 2 is 1.93 bits per heavy atom. The van der Waals surface area contributed by atoms with Crippen molar-refractivity contribution in [1.82, 2.24) is 0 Å². The van der Waals surface area contributed by atoms with Crippen molar-refractivity contribution in [1.29, 1.82) is 0 Å². The highest BCUT2D eigenvalue weighted by atomic mass is 16.8. The first-order chi connectivity index (χ1) is 12.7. The molecule has 2 bridgehead atoms. The molecule has 0 aromatic carbocycles. The van der Waals surface area contributed by atoms with E-state index >= 15 is 0 Å². The Hall–Kier alpha value is -1.67. The standard InChI is InChI=1S/C19H26O8/c1-8-12-5-13-9(2)17-26-15(18(27-17)24-11(4)21)19(13,7-23-10(3)20)6-14(12)25-16(8)22/h8-9,12-15,17-18H,5-7H2,1-4H3/t8?,9?,12-,13+,14-,15-,17+,18-,19+/m1/s1. The molecule has 3 saturated heterocycles. The van der Waals surface area contributed by atoms with Crippen molar-refractivity contribution in [2.75, 3.05) is 6.61 Å². The zero-order chi connectivity index (χ0) is 19.5. The van der Waals surface area contributed by atoms with Crippen molar-refractivity contribution in [3.63, 3.8) is 0 Å². The summed E-state index contributed by atoms with van der Waals surface area (Å²) < 4.78 is 28.4. The van der Waals surface area contributed by atoms with E-state index in [9.17, 15) is 14.4 Å². The number of rotatable bonds is 3. The van der Waals surface area contributed by atoms with Crippen LogP contribution in [0, 0.1) is 29.1 Å². The first-order valence-electron chi connectivity index (χ1n) is 9.55. The Morgan fingerprint density at radius 1 is 1.19 bits per heavy atom. The Bertz CT molecular complexity index is 662. The van der Waals surface area contributed by atoms with Gasteiger partial charge in [-0.1, -0.05) is 13.8 Å². The van der Waals surface area contributed by atoms with Gasteiger partial charge in [-0.15, -0.1) is 0 Å². The van der Waals surface area contributed by atoms with Gasteiger partial charge in [-0.2, -0.15) is 0 Å². The molecule has 0 amide bonds. The maximum Gasteiger partial charge on any atom is 0.309 e. The number of carbonyl (C=O) groups excluding carboxylic acids is 3. The van der Waals surface area contributed by atoms with Gasteiger partial charge >= 0.3 is 17.9 Å². The molecule has 3 heterocycles. The quantitative estimate of drug-likeness (QED) is 0.534. The molecule has 0 aromatic rings. The lowest BCUT2D eigenvalue weighted by Crippen LogP contribution is -2.60. The highest BCUT2D eigenvalue weighted by Gasteiger charge is 2.68. The number of ether oxygens (including phenoxy) is 5. The maximum absolute atomic E-state index is 12.1. The molecular weight excluding hydrogens is 356 g/mol. The zero-order valence-corrected chi connectivity index (χ0v) is 16.0. The Morgan fingerprint density at radius 3 is 2.59 bits per heavy atom. The van der Waals surface area contributed by atoms with Gasteiger partial charge in [0.1, 0.15) is 18.8 Å². The van der Waals surface area contributed by atoms with Crippen LogP contribution in [-0.4, -0.2) is 49.3 Å². The lowest BCUT2D eigenvalue weighted by atomic mass is 9.54. The highest BCUT2D eigenvalue weighted by molar-refractivity contribution is 5.75. The van der Waals surface area contributed by atoms with E-state index in [1.54, 1.807) is 0 Å². The summed E-state index contributed by atoms with van der Waals surface area (Å²) in [5.41, 5.74) is -0.635. The minimum Gasteiger partial charge on any atom is -0.465 e. The normalized spacial score (nSPS) is 47.6. The van der Waals surface area contributed by atoms with Gasteiger partial charge in [0.15, 0.2) is 6.29 Å².